The maximum absolute atomic E-state index is 12.3. The average molecular weight is 328 g/mol. The van der Waals surface area contributed by atoms with E-state index in [0.29, 0.717) is 18.5 Å². The number of nitrogens with one attached hydrogen (secondary N) is 1. The molecule has 1 fully saturated rings. The molecule has 0 aromatic heterocycles. The van der Waals surface area contributed by atoms with Crippen LogP contribution < -0.4 is 10.5 Å². The van der Waals surface area contributed by atoms with Gasteiger partial charge in [-0.05, 0) is 31.7 Å². The van der Waals surface area contributed by atoms with Gasteiger partial charge in [0.05, 0.1) is 11.0 Å². The van der Waals surface area contributed by atoms with Crippen molar-refractivity contribution in [2.75, 3.05) is 13.2 Å². The van der Waals surface area contributed by atoms with Crippen LogP contribution in [0.1, 0.15) is 31.2 Å². The highest BCUT2D eigenvalue weighted by molar-refractivity contribution is 7.89. The van der Waals surface area contributed by atoms with Crippen LogP contribution in [0.2, 0.25) is 0 Å². The van der Waals surface area contributed by atoms with Gasteiger partial charge in [0.25, 0.3) is 0 Å². The molecule has 0 radical (unpaired) electrons. The van der Waals surface area contributed by atoms with Crippen molar-refractivity contribution in [3.05, 3.63) is 29.8 Å². The van der Waals surface area contributed by atoms with Crippen LogP contribution in [0.25, 0.3) is 0 Å². The molecule has 1 aliphatic rings. The van der Waals surface area contributed by atoms with E-state index in [2.05, 4.69) is 4.72 Å². The molecular weight excluding hydrogens is 308 g/mol. The van der Waals surface area contributed by atoms with E-state index >= 15 is 0 Å². The standard InChI is InChI=1S/C14H20N2O3S2/c15-14(20)12-6-1-2-7-13(12)21(17,18)16-9-8-11-5-3-4-10-19-11/h1-2,6-7,11,16H,3-5,8-10H2,(H2,15,20). The first-order valence-corrected chi connectivity index (χ1v) is 8.90. The number of hydrogen-bond acceptors (Lipinski definition) is 4. The van der Waals surface area contributed by atoms with Crippen molar-refractivity contribution < 1.29 is 13.2 Å². The number of nitrogens with two attached hydrogens (primary N) is 1. The predicted octanol–water partition coefficient (Wildman–Crippen LogP) is 1.56. The molecule has 0 bridgehead atoms. The lowest BCUT2D eigenvalue weighted by atomic mass is 10.1. The highest BCUT2D eigenvalue weighted by Gasteiger charge is 2.20. The summed E-state index contributed by atoms with van der Waals surface area (Å²) in [5.41, 5.74) is 5.95. The molecule has 1 aromatic rings. The highest BCUT2D eigenvalue weighted by atomic mass is 32.2. The smallest absolute Gasteiger partial charge is 0.241 e. The van der Waals surface area contributed by atoms with Crippen LogP contribution in [0.4, 0.5) is 0 Å². The second-order valence-corrected chi connectivity index (χ2v) is 7.21. The quantitative estimate of drug-likeness (QED) is 0.775. The lowest BCUT2D eigenvalue weighted by Gasteiger charge is -2.22. The van der Waals surface area contributed by atoms with E-state index in [1.807, 2.05) is 0 Å². The minimum atomic E-state index is -3.61. The van der Waals surface area contributed by atoms with Crippen molar-refractivity contribution in [1.29, 1.82) is 0 Å². The van der Waals surface area contributed by atoms with Gasteiger partial charge in [0.15, 0.2) is 0 Å². The first kappa shape index (κ1) is 16.4. The first-order chi connectivity index (χ1) is 10.0. The monoisotopic (exact) mass is 328 g/mol. The maximum atomic E-state index is 12.3. The van der Waals surface area contributed by atoms with E-state index in [-0.39, 0.29) is 16.0 Å². The highest BCUT2D eigenvalue weighted by Crippen LogP contribution is 2.17. The first-order valence-electron chi connectivity index (χ1n) is 7.01. The van der Waals surface area contributed by atoms with Crippen molar-refractivity contribution in [3.8, 4) is 0 Å². The van der Waals surface area contributed by atoms with Crippen molar-refractivity contribution in [2.45, 2.75) is 36.7 Å². The lowest BCUT2D eigenvalue weighted by molar-refractivity contribution is 0.0123. The summed E-state index contributed by atoms with van der Waals surface area (Å²) in [6.07, 6.45) is 4.04. The number of benzene rings is 1. The Hall–Kier alpha value is -1.02. The zero-order valence-corrected chi connectivity index (χ0v) is 13.4. The second-order valence-electron chi connectivity index (χ2n) is 5.04. The molecule has 5 nitrogen and oxygen atoms in total. The molecule has 1 saturated heterocycles. The van der Waals surface area contributed by atoms with E-state index in [1.54, 1.807) is 18.2 Å². The summed E-state index contributed by atoms with van der Waals surface area (Å²) in [7, 11) is -3.61. The van der Waals surface area contributed by atoms with Gasteiger partial charge >= 0.3 is 0 Å². The normalized spacial score (nSPS) is 19.3. The molecule has 0 amide bonds. The Kier molecular flexibility index (Phi) is 5.69. The average Bonchev–Trinajstić information content (AvgIpc) is 2.48. The third-order valence-electron chi connectivity index (χ3n) is 3.47. The number of rotatable bonds is 6. The summed E-state index contributed by atoms with van der Waals surface area (Å²) < 4.78 is 32.8. The fraction of sp³-hybridized carbons (Fsp3) is 0.500. The molecule has 1 unspecified atom stereocenters. The molecule has 0 aliphatic carbocycles. The number of thiocarbonyl (C=S) groups is 1. The van der Waals surface area contributed by atoms with E-state index in [4.69, 9.17) is 22.7 Å². The summed E-state index contributed by atoms with van der Waals surface area (Å²) in [4.78, 5) is 0.202. The summed E-state index contributed by atoms with van der Waals surface area (Å²) in [5.74, 6) is 0. The third kappa shape index (κ3) is 4.47. The van der Waals surface area contributed by atoms with Gasteiger partial charge in [-0.1, -0.05) is 30.4 Å². The van der Waals surface area contributed by atoms with E-state index < -0.39 is 10.0 Å². The molecule has 1 heterocycles. The van der Waals surface area contributed by atoms with Gasteiger partial charge in [-0.3, -0.25) is 0 Å². The van der Waals surface area contributed by atoms with Crippen LogP contribution in [0.3, 0.4) is 0 Å². The van der Waals surface area contributed by atoms with Crippen molar-refractivity contribution in [1.82, 2.24) is 4.72 Å². The topological polar surface area (TPSA) is 81.4 Å². The van der Waals surface area contributed by atoms with Crippen LogP contribution in [0, 0.1) is 0 Å². The number of ether oxygens (including phenoxy) is 1. The Balaban J connectivity index is 2.00. The Morgan fingerprint density at radius 1 is 1.38 bits per heavy atom. The van der Waals surface area contributed by atoms with Gasteiger partial charge in [0.2, 0.25) is 10.0 Å². The molecular formula is C14H20N2O3S2. The minimum Gasteiger partial charge on any atom is -0.389 e. The summed E-state index contributed by atoms with van der Waals surface area (Å²) >= 11 is 4.90. The molecule has 7 heteroatoms. The molecule has 2 rings (SSSR count). The van der Waals surface area contributed by atoms with Crippen LogP contribution in [0.5, 0.6) is 0 Å². The molecule has 3 N–H and O–H groups in total. The molecule has 116 valence electrons. The summed E-state index contributed by atoms with van der Waals surface area (Å²) in [5, 5.41) is 0. The summed E-state index contributed by atoms with van der Waals surface area (Å²) in [6.45, 7) is 1.11. The van der Waals surface area contributed by atoms with Crippen molar-refractivity contribution in [2.24, 2.45) is 5.73 Å². The van der Waals surface area contributed by atoms with Gasteiger partial charge in [-0.25, -0.2) is 13.1 Å². The fourth-order valence-corrected chi connectivity index (χ4v) is 3.88. The third-order valence-corrected chi connectivity index (χ3v) is 5.21. The predicted molar refractivity (Wildman–Crippen MR) is 85.7 cm³/mol. The molecule has 1 aliphatic heterocycles. The zero-order chi connectivity index (χ0) is 15.3. The Morgan fingerprint density at radius 2 is 2.14 bits per heavy atom. The van der Waals surface area contributed by atoms with Crippen molar-refractivity contribution in [3.63, 3.8) is 0 Å². The van der Waals surface area contributed by atoms with Crippen LogP contribution in [-0.2, 0) is 14.8 Å². The fourth-order valence-electron chi connectivity index (χ4n) is 2.37. The van der Waals surface area contributed by atoms with Gasteiger partial charge in [-0.15, -0.1) is 0 Å². The largest absolute Gasteiger partial charge is 0.389 e. The number of sulfonamides is 1. The van der Waals surface area contributed by atoms with Gasteiger partial charge in [-0.2, -0.15) is 0 Å². The van der Waals surface area contributed by atoms with Crippen LogP contribution >= 0.6 is 12.2 Å². The molecule has 0 spiro atoms. The lowest BCUT2D eigenvalue weighted by Crippen LogP contribution is -2.30. The van der Waals surface area contributed by atoms with Crippen LogP contribution in [-0.4, -0.2) is 32.7 Å². The second kappa shape index (κ2) is 7.31. The van der Waals surface area contributed by atoms with Gasteiger partial charge in [0.1, 0.15) is 4.99 Å². The molecule has 0 saturated carbocycles. The SMILES string of the molecule is NC(=S)c1ccccc1S(=O)(=O)NCCC1CCCCO1. The van der Waals surface area contributed by atoms with Gasteiger partial charge in [0, 0.05) is 18.7 Å². The molecule has 1 aromatic carbocycles. The van der Waals surface area contributed by atoms with Gasteiger partial charge < -0.3 is 10.5 Å². The number of hydrogen-bond donors (Lipinski definition) is 2. The Labute approximate surface area is 130 Å². The molecule has 1 atom stereocenters. The molecule has 21 heavy (non-hydrogen) atoms. The van der Waals surface area contributed by atoms with Crippen molar-refractivity contribution >= 4 is 27.2 Å². The van der Waals surface area contributed by atoms with E-state index in [1.165, 1.54) is 6.07 Å². The zero-order valence-electron chi connectivity index (χ0n) is 11.7. The maximum Gasteiger partial charge on any atom is 0.241 e. The van der Waals surface area contributed by atoms with E-state index in [0.717, 1.165) is 25.9 Å². The summed E-state index contributed by atoms with van der Waals surface area (Å²) in [6, 6.07) is 6.49. The van der Waals surface area contributed by atoms with E-state index in [9.17, 15) is 8.42 Å². The Bertz CT molecular complexity index is 596. The van der Waals surface area contributed by atoms with Crippen LogP contribution in [0.15, 0.2) is 29.2 Å². The minimum absolute atomic E-state index is 0.0755. The Morgan fingerprint density at radius 3 is 2.81 bits per heavy atom.